The van der Waals surface area contributed by atoms with Crippen molar-refractivity contribution in [3.8, 4) is 5.75 Å². The molecule has 1 aromatic heterocycles. The Bertz CT molecular complexity index is 649. The number of nitrogens with two attached hydrogens (primary N) is 1. The zero-order valence-electron chi connectivity index (χ0n) is 11.7. The molecule has 2 aromatic rings. The predicted octanol–water partition coefficient (Wildman–Crippen LogP) is 2.34. The van der Waals surface area contributed by atoms with E-state index in [0.29, 0.717) is 11.3 Å². The lowest BCUT2D eigenvalue weighted by Gasteiger charge is -2.16. The maximum Gasteiger partial charge on any atom is 0.268 e. The van der Waals surface area contributed by atoms with Gasteiger partial charge in [0.05, 0.1) is 11.8 Å². The van der Waals surface area contributed by atoms with Gasteiger partial charge in [0.2, 0.25) is 0 Å². The van der Waals surface area contributed by atoms with Gasteiger partial charge in [0.15, 0.2) is 5.76 Å². The summed E-state index contributed by atoms with van der Waals surface area (Å²) in [7, 11) is 0. The second-order valence-electron chi connectivity index (χ2n) is 5.16. The molecule has 3 rings (SSSR count). The lowest BCUT2D eigenvalue weighted by Crippen LogP contribution is -2.30. The van der Waals surface area contributed by atoms with E-state index in [2.05, 4.69) is 17.6 Å². The van der Waals surface area contributed by atoms with Crippen molar-refractivity contribution in [3.05, 3.63) is 53.0 Å². The highest BCUT2D eigenvalue weighted by Gasteiger charge is 2.15. The normalized spacial score (nSPS) is 13.6. The molecule has 5 nitrogen and oxygen atoms in total. The summed E-state index contributed by atoms with van der Waals surface area (Å²) in [6.45, 7) is 0.203. The molecule has 1 aliphatic carbocycles. The van der Waals surface area contributed by atoms with Crippen molar-refractivity contribution in [2.24, 2.45) is 5.84 Å². The lowest BCUT2D eigenvalue weighted by molar-refractivity contribution is 0.0949. The highest BCUT2D eigenvalue weighted by Crippen LogP contribution is 2.26. The molecule has 0 bridgehead atoms. The van der Waals surface area contributed by atoms with Crippen LogP contribution in [-0.4, -0.2) is 5.91 Å². The molecular formula is C16H18N2O3. The Hall–Kier alpha value is -2.27. The molecule has 0 radical (unpaired) electrons. The van der Waals surface area contributed by atoms with Gasteiger partial charge in [0.25, 0.3) is 5.91 Å². The number of carbonyl (C=O) groups is 1. The molecule has 0 spiro atoms. The average molecular weight is 286 g/mol. The smallest absolute Gasteiger partial charge is 0.268 e. The summed E-state index contributed by atoms with van der Waals surface area (Å²) in [5.41, 5.74) is 5.26. The number of hydrogen-bond acceptors (Lipinski definition) is 4. The number of nitrogens with one attached hydrogen (secondary N) is 1. The molecule has 110 valence electrons. The largest absolute Gasteiger partial charge is 0.486 e. The van der Waals surface area contributed by atoms with Crippen molar-refractivity contribution < 1.29 is 13.9 Å². The number of ether oxygens (including phenoxy) is 1. The Morgan fingerprint density at radius 1 is 1.24 bits per heavy atom. The second-order valence-corrected chi connectivity index (χ2v) is 5.16. The lowest BCUT2D eigenvalue weighted by atomic mass is 9.92. The number of nitrogen functional groups attached to an aromatic ring is 1. The van der Waals surface area contributed by atoms with E-state index in [-0.39, 0.29) is 12.5 Å². The van der Waals surface area contributed by atoms with Gasteiger partial charge in [0.1, 0.15) is 12.4 Å². The predicted molar refractivity (Wildman–Crippen MR) is 77.8 cm³/mol. The minimum absolute atomic E-state index is 0.203. The van der Waals surface area contributed by atoms with Crippen LogP contribution in [0.1, 0.15) is 40.1 Å². The summed E-state index contributed by atoms with van der Waals surface area (Å²) in [6.07, 6.45) is 6.20. The fourth-order valence-corrected chi connectivity index (χ4v) is 2.68. The first-order valence-corrected chi connectivity index (χ1v) is 7.10. The molecular weight excluding hydrogens is 268 g/mol. The van der Waals surface area contributed by atoms with Crippen LogP contribution in [0.3, 0.4) is 0 Å². The zero-order valence-corrected chi connectivity index (χ0v) is 11.7. The van der Waals surface area contributed by atoms with E-state index in [9.17, 15) is 4.79 Å². The number of hydrogen-bond donors (Lipinski definition) is 2. The first-order chi connectivity index (χ1) is 10.3. The molecule has 3 N–H and O–H groups in total. The van der Waals surface area contributed by atoms with Gasteiger partial charge < -0.3 is 9.15 Å². The van der Waals surface area contributed by atoms with E-state index in [0.717, 1.165) is 18.6 Å². The summed E-state index contributed by atoms with van der Waals surface area (Å²) < 4.78 is 11.0. The van der Waals surface area contributed by atoms with Crippen LogP contribution in [0.5, 0.6) is 5.75 Å². The van der Waals surface area contributed by atoms with Crippen LogP contribution >= 0.6 is 0 Å². The van der Waals surface area contributed by atoms with Crippen LogP contribution in [0.4, 0.5) is 0 Å². The van der Waals surface area contributed by atoms with Gasteiger partial charge >= 0.3 is 0 Å². The third-order valence-electron chi connectivity index (χ3n) is 3.81. The molecule has 0 saturated heterocycles. The Balaban J connectivity index is 1.71. The van der Waals surface area contributed by atoms with Gasteiger partial charge in [-0.15, -0.1) is 0 Å². The number of carbonyl (C=O) groups excluding carboxylic acids is 1. The first-order valence-electron chi connectivity index (χ1n) is 7.10. The van der Waals surface area contributed by atoms with Crippen LogP contribution in [0.25, 0.3) is 0 Å². The Morgan fingerprint density at radius 3 is 2.86 bits per heavy atom. The van der Waals surface area contributed by atoms with Gasteiger partial charge in [0, 0.05) is 0 Å². The van der Waals surface area contributed by atoms with E-state index < -0.39 is 0 Å². The fourth-order valence-electron chi connectivity index (χ4n) is 2.68. The molecule has 0 atom stereocenters. The summed E-state index contributed by atoms with van der Waals surface area (Å²) in [6, 6.07) is 7.75. The van der Waals surface area contributed by atoms with Crippen molar-refractivity contribution in [2.45, 2.75) is 32.3 Å². The number of fused-ring (bicyclic) bond motifs is 1. The molecule has 0 unspecified atom stereocenters. The van der Waals surface area contributed by atoms with Crippen molar-refractivity contribution >= 4 is 5.91 Å². The van der Waals surface area contributed by atoms with Crippen LogP contribution in [0.2, 0.25) is 0 Å². The third-order valence-corrected chi connectivity index (χ3v) is 3.81. The number of benzene rings is 1. The monoisotopic (exact) mass is 286 g/mol. The molecule has 1 amide bonds. The van der Waals surface area contributed by atoms with E-state index in [4.69, 9.17) is 15.0 Å². The molecule has 1 aromatic carbocycles. The Morgan fingerprint density at radius 2 is 2.05 bits per heavy atom. The van der Waals surface area contributed by atoms with Crippen molar-refractivity contribution in [1.29, 1.82) is 0 Å². The summed E-state index contributed by atoms with van der Waals surface area (Å²) in [5, 5.41) is 0. The number of furan rings is 1. The van der Waals surface area contributed by atoms with Crippen LogP contribution in [0, 0.1) is 0 Å². The molecule has 1 heterocycles. The maximum absolute atomic E-state index is 11.5. The number of amides is 1. The van der Waals surface area contributed by atoms with Gasteiger partial charge in [-0.1, -0.05) is 6.07 Å². The molecule has 0 saturated carbocycles. The number of hydrazine groups is 1. The Labute approximate surface area is 123 Å². The molecule has 0 aliphatic heterocycles. The highest BCUT2D eigenvalue weighted by atomic mass is 16.5. The van der Waals surface area contributed by atoms with Crippen molar-refractivity contribution in [2.75, 3.05) is 0 Å². The SMILES string of the molecule is NNC(=O)c1ccoc1COc1ccc2c(c1)CCCC2. The average Bonchev–Trinajstić information content (AvgIpc) is 3.00. The van der Waals surface area contributed by atoms with Crippen molar-refractivity contribution in [1.82, 2.24) is 5.43 Å². The molecule has 5 heteroatoms. The van der Waals surface area contributed by atoms with Gasteiger partial charge in [-0.25, -0.2) is 5.84 Å². The molecule has 21 heavy (non-hydrogen) atoms. The second kappa shape index (κ2) is 6.01. The van der Waals surface area contributed by atoms with Gasteiger partial charge in [-0.2, -0.15) is 0 Å². The summed E-state index contributed by atoms with van der Waals surface area (Å²) in [4.78, 5) is 11.5. The van der Waals surface area contributed by atoms with E-state index >= 15 is 0 Å². The van der Waals surface area contributed by atoms with Crippen LogP contribution in [-0.2, 0) is 19.4 Å². The van der Waals surface area contributed by atoms with E-state index in [1.165, 1.54) is 30.2 Å². The van der Waals surface area contributed by atoms with Crippen LogP contribution < -0.4 is 16.0 Å². The van der Waals surface area contributed by atoms with Gasteiger partial charge in [-0.05, 0) is 55.0 Å². The first kappa shape index (κ1) is 13.7. The topological polar surface area (TPSA) is 77.5 Å². The maximum atomic E-state index is 11.5. The van der Waals surface area contributed by atoms with Crippen LogP contribution in [0.15, 0.2) is 34.9 Å². The molecule has 1 aliphatic rings. The van der Waals surface area contributed by atoms with E-state index in [1.807, 2.05) is 6.07 Å². The third kappa shape index (κ3) is 2.92. The summed E-state index contributed by atoms with van der Waals surface area (Å²) >= 11 is 0. The number of rotatable bonds is 4. The van der Waals surface area contributed by atoms with Gasteiger partial charge in [-0.3, -0.25) is 10.2 Å². The molecule has 0 fully saturated rings. The summed E-state index contributed by atoms with van der Waals surface area (Å²) in [5.74, 6) is 6.02. The standard InChI is InChI=1S/C16H18N2O3/c17-18-16(19)14-7-8-20-15(14)10-21-13-6-5-11-3-1-2-4-12(11)9-13/h5-9H,1-4,10,17H2,(H,18,19). The zero-order chi connectivity index (χ0) is 14.7. The minimum Gasteiger partial charge on any atom is -0.486 e. The van der Waals surface area contributed by atoms with Crippen molar-refractivity contribution in [3.63, 3.8) is 0 Å². The number of aryl methyl sites for hydroxylation is 2. The van der Waals surface area contributed by atoms with E-state index in [1.54, 1.807) is 6.07 Å². The fraction of sp³-hybridized carbons (Fsp3) is 0.312. The quantitative estimate of drug-likeness (QED) is 0.514. The highest BCUT2D eigenvalue weighted by molar-refractivity contribution is 5.94. The Kier molecular flexibility index (Phi) is 3.92. The minimum atomic E-state index is -0.382.